The van der Waals surface area contributed by atoms with Crippen LogP contribution < -0.4 is 10.5 Å². The van der Waals surface area contributed by atoms with Crippen molar-refractivity contribution in [3.05, 3.63) is 29.6 Å². The van der Waals surface area contributed by atoms with Gasteiger partial charge in [0, 0.05) is 0 Å². The van der Waals surface area contributed by atoms with Crippen LogP contribution in [-0.4, -0.2) is 18.3 Å². The van der Waals surface area contributed by atoms with E-state index in [9.17, 15) is 14.0 Å². The van der Waals surface area contributed by atoms with Crippen molar-refractivity contribution < 1.29 is 18.7 Å². The molecule has 0 aliphatic rings. The molecule has 0 bridgehead atoms. The predicted molar refractivity (Wildman–Crippen MR) is 51.1 cm³/mol. The summed E-state index contributed by atoms with van der Waals surface area (Å²) in [7, 11) is 0. The molecule has 1 aromatic rings. The number of hydrogen-bond donors (Lipinski definition) is 1. The van der Waals surface area contributed by atoms with Gasteiger partial charge in [-0.2, -0.15) is 0 Å². The first-order valence-corrected chi connectivity index (χ1v) is 4.23. The molecule has 0 aliphatic carbocycles. The van der Waals surface area contributed by atoms with E-state index in [-0.39, 0.29) is 23.7 Å². The fourth-order valence-corrected chi connectivity index (χ4v) is 1.04. The molecule has 0 heterocycles. The molecule has 5 heteroatoms. The monoisotopic (exact) mass is 211 g/mol. The summed E-state index contributed by atoms with van der Waals surface area (Å²) in [5.74, 6) is -1.93. The third-order valence-electron chi connectivity index (χ3n) is 1.65. The molecule has 0 unspecified atom stereocenters. The van der Waals surface area contributed by atoms with Crippen molar-refractivity contribution in [2.45, 2.75) is 6.92 Å². The predicted octanol–water partition coefficient (Wildman–Crippen LogP) is 0.892. The summed E-state index contributed by atoms with van der Waals surface area (Å²) in [6.07, 6.45) is 0. The lowest BCUT2D eigenvalue weighted by atomic mass is 10.2. The highest BCUT2D eigenvalue weighted by Gasteiger charge is 2.15. The standard InChI is InChI=1S/C10H10FNO3/c1-6(13)5-15-8-4-2-3-7(11)9(8)10(12)14/h2-4H,5H2,1H3,(H2,12,14). The number of ketones is 1. The highest BCUT2D eigenvalue weighted by atomic mass is 19.1. The SMILES string of the molecule is CC(=O)COc1cccc(F)c1C(N)=O. The van der Waals surface area contributed by atoms with Crippen LogP contribution in [0.4, 0.5) is 4.39 Å². The van der Waals surface area contributed by atoms with Gasteiger partial charge in [0.05, 0.1) is 0 Å². The molecule has 0 spiro atoms. The molecule has 0 saturated carbocycles. The van der Waals surface area contributed by atoms with Gasteiger partial charge in [0.25, 0.3) is 5.91 Å². The first-order chi connectivity index (χ1) is 7.02. The summed E-state index contributed by atoms with van der Waals surface area (Å²) >= 11 is 0. The maximum absolute atomic E-state index is 13.2. The molecule has 80 valence electrons. The lowest BCUT2D eigenvalue weighted by Gasteiger charge is -2.08. The van der Waals surface area contributed by atoms with Crippen molar-refractivity contribution in [1.82, 2.24) is 0 Å². The van der Waals surface area contributed by atoms with Gasteiger partial charge in [0.15, 0.2) is 5.78 Å². The topological polar surface area (TPSA) is 69.4 Å². The van der Waals surface area contributed by atoms with Gasteiger partial charge in [-0.05, 0) is 19.1 Å². The number of hydrogen-bond acceptors (Lipinski definition) is 3. The van der Waals surface area contributed by atoms with E-state index in [2.05, 4.69) is 0 Å². The summed E-state index contributed by atoms with van der Waals surface area (Å²) < 4.78 is 18.1. The van der Waals surface area contributed by atoms with Crippen LogP contribution >= 0.6 is 0 Å². The van der Waals surface area contributed by atoms with Crippen LogP contribution in [0.2, 0.25) is 0 Å². The number of nitrogens with two attached hydrogens (primary N) is 1. The van der Waals surface area contributed by atoms with Gasteiger partial charge < -0.3 is 10.5 Å². The average molecular weight is 211 g/mol. The number of rotatable bonds is 4. The molecule has 0 radical (unpaired) electrons. The van der Waals surface area contributed by atoms with Gasteiger partial charge in [-0.15, -0.1) is 0 Å². The molecular weight excluding hydrogens is 201 g/mol. The Bertz CT molecular complexity index is 404. The molecule has 0 fully saturated rings. The van der Waals surface area contributed by atoms with E-state index >= 15 is 0 Å². The van der Waals surface area contributed by atoms with Crippen LogP contribution in [0, 0.1) is 5.82 Å². The third kappa shape index (κ3) is 2.77. The maximum Gasteiger partial charge on any atom is 0.255 e. The first-order valence-electron chi connectivity index (χ1n) is 4.23. The first kappa shape index (κ1) is 11.2. The number of ether oxygens (including phenoxy) is 1. The fraction of sp³-hybridized carbons (Fsp3) is 0.200. The molecule has 1 aromatic carbocycles. The van der Waals surface area contributed by atoms with Gasteiger partial charge in [0.2, 0.25) is 0 Å². The fourth-order valence-electron chi connectivity index (χ4n) is 1.04. The van der Waals surface area contributed by atoms with Gasteiger partial charge in [-0.25, -0.2) is 4.39 Å². The van der Waals surface area contributed by atoms with Gasteiger partial charge in [0.1, 0.15) is 23.7 Å². The molecule has 2 N–H and O–H groups in total. The highest BCUT2D eigenvalue weighted by Crippen LogP contribution is 2.20. The molecule has 0 aliphatic heterocycles. The molecular formula is C10H10FNO3. The van der Waals surface area contributed by atoms with Crippen LogP contribution in [0.1, 0.15) is 17.3 Å². The Balaban J connectivity index is 3.01. The van der Waals surface area contributed by atoms with Crippen molar-refractivity contribution >= 4 is 11.7 Å². The highest BCUT2D eigenvalue weighted by molar-refractivity contribution is 5.96. The van der Waals surface area contributed by atoms with Gasteiger partial charge >= 0.3 is 0 Å². The minimum absolute atomic E-state index is 0.0160. The Kier molecular flexibility index (Phi) is 3.38. The zero-order valence-corrected chi connectivity index (χ0v) is 8.12. The minimum Gasteiger partial charge on any atom is -0.485 e. The van der Waals surface area contributed by atoms with E-state index in [1.807, 2.05) is 0 Å². The van der Waals surface area contributed by atoms with Crippen LogP contribution in [0.5, 0.6) is 5.75 Å². The van der Waals surface area contributed by atoms with E-state index in [1.54, 1.807) is 0 Å². The van der Waals surface area contributed by atoms with Crippen molar-refractivity contribution in [3.63, 3.8) is 0 Å². The average Bonchev–Trinajstić information content (AvgIpc) is 2.13. The molecule has 0 aromatic heterocycles. The quantitative estimate of drug-likeness (QED) is 0.804. The van der Waals surface area contributed by atoms with E-state index in [0.29, 0.717) is 0 Å². The number of amides is 1. The summed E-state index contributed by atoms with van der Waals surface area (Å²) in [4.78, 5) is 21.6. The Morgan fingerprint density at radius 3 is 2.67 bits per heavy atom. The lowest BCUT2D eigenvalue weighted by molar-refractivity contribution is -0.118. The third-order valence-corrected chi connectivity index (χ3v) is 1.65. The largest absolute Gasteiger partial charge is 0.485 e. The summed E-state index contributed by atoms with van der Waals surface area (Å²) in [5.41, 5.74) is 4.64. The van der Waals surface area contributed by atoms with E-state index in [4.69, 9.17) is 10.5 Å². The number of carbonyl (C=O) groups is 2. The van der Waals surface area contributed by atoms with Crippen LogP contribution in [0.15, 0.2) is 18.2 Å². The number of primary amides is 1. The molecule has 1 rings (SSSR count). The normalized spacial score (nSPS) is 9.73. The number of halogens is 1. The minimum atomic E-state index is -0.924. The second-order valence-electron chi connectivity index (χ2n) is 2.97. The summed E-state index contributed by atoms with van der Waals surface area (Å²) in [6, 6.07) is 3.85. The van der Waals surface area contributed by atoms with Crippen molar-refractivity contribution in [1.29, 1.82) is 0 Å². The summed E-state index contributed by atoms with van der Waals surface area (Å²) in [6.45, 7) is 1.10. The molecule has 4 nitrogen and oxygen atoms in total. The molecule has 1 amide bonds. The second kappa shape index (κ2) is 4.54. The van der Waals surface area contributed by atoms with Crippen molar-refractivity contribution in [2.24, 2.45) is 5.73 Å². The zero-order valence-electron chi connectivity index (χ0n) is 8.12. The van der Waals surface area contributed by atoms with Crippen LogP contribution in [0.25, 0.3) is 0 Å². The molecule has 0 saturated heterocycles. The number of Topliss-reactive ketones (excluding diaryl/α,β-unsaturated/α-hetero) is 1. The molecule has 0 atom stereocenters. The summed E-state index contributed by atoms with van der Waals surface area (Å²) in [5, 5.41) is 0. The van der Waals surface area contributed by atoms with E-state index < -0.39 is 11.7 Å². The van der Waals surface area contributed by atoms with Gasteiger partial charge in [-0.3, -0.25) is 9.59 Å². The van der Waals surface area contributed by atoms with Crippen molar-refractivity contribution in [2.75, 3.05) is 6.61 Å². The Morgan fingerprint density at radius 2 is 2.13 bits per heavy atom. The number of carbonyl (C=O) groups excluding carboxylic acids is 2. The second-order valence-corrected chi connectivity index (χ2v) is 2.97. The Morgan fingerprint density at radius 1 is 1.47 bits per heavy atom. The maximum atomic E-state index is 13.2. The number of benzene rings is 1. The Labute approximate surface area is 85.8 Å². The van der Waals surface area contributed by atoms with Crippen LogP contribution in [0.3, 0.4) is 0 Å². The lowest BCUT2D eigenvalue weighted by Crippen LogP contribution is -2.16. The Hall–Kier alpha value is -1.91. The van der Waals surface area contributed by atoms with E-state index in [0.717, 1.165) is 6.07 Å². The smallest absolute Gasteiger partial charge is 0.255 e. The van der Waals surface area contributed by atoms with E-state index in [1.165, 1.54) is 19.1 Å². The molecule has 15 heavy (non-hydrogen) atoms. The van der Waals surface area contributed by atoms with Crippen LogP contribution in [-0.2, 0) is 4.79 Å². The van der Waals surface area contributed by atoms with Gasteiger partial charge in [-0.1, -0.05) is 6.07 Å². The van der Waals surface area contributed by atoms with Crippen molar-refractivity contribution in [3.8, 4) is 5.75 Å². The zero-order chi connectivity index (χ0) is 11.4.